The lowest BCUT2D eigenvalue weighted by Gasteiger charge is -2.19. The van der Waals surface area contributed by atoms with Crippen LogP contribution < -0.4 is 0 Å². The highest BCUT2D eigenvalue weighted by Gasteiger charge is 2.33. The van der Waals surface area contributed by atoms with Crippen molar-refractivity contribution in [3.63, 3.8) is 0 Å². The zero-order chi connectivity index (χ0) is 17.1. The molecule has 1 amide bonds. The second kappa shape index (κ2) is 7.05. The minimum atomic E-state index is -0.989. The monoisotopic (exact) mass is 348 g/mol. The van der Waals surface area contributed by atoms with Gasteiger partial charge in [-0.1, -0.05) is 11.6 Å². The largest absolute Gasteiger partial charge is 0.480 e. The maximum absolute atomic E-state index is 12.2. The van der Waals surface area contributed by atoms with Gasteiger partial charge in [-0.2, -0.15) is 0 Å². The molecule has 0 atom stereocenters. The van der Waals surface area contributed by atoms with E-state index in [9.17, 15) is 9.59 Å². The van der Waals surface area contributed by atoms with Gasteiger partial charge in [0.1, 0.15) is 6.54 Å². The quantitative estimate of drug-likeness (QED) is 0.831. The van der Waals surface area contributed by atoms with Gasteiger partial charge in [0.05, 0.1) is 6.20 Å². The number of aryl methyl sites for hydroxylation is 1. The van der Waals surface area contributed by atoms with Gasteiger partial charge in [-0.05, 0) is 37.1 Å². The molecule has 7 heteroatoms. The van der Waals surface area contributed by atoms with Crippen molar-refractivity contribution in [2.75, 3.05) is 6.54 Å². The topological polar surface area (TPSA) is 83.6 Å². The number of hydrogen-bond acceptors (Lipinski definition) is 4. The smallest absolute Gasteiger partial charge is 0.323 e. The fraction of sp³-hybridized carbons (Fsp3) is 0.353. The molecule has 1 aliphatic carbocycles. The van der Waals surface area contributed by atoms with E-state index in [1.807, 2.05) is 12.1 Å². The molecule has 1 aromatic carbocycles. The lowest BCUT2D eigenvalue weighted by Crippen LogP contribution is -2.37. The molecule has 0 saturated heterocycles. The van der Waals surface area contributed by atoms with E-state index >= 15 is 0 Å². The number of carbonyl (C=O) groups excluding carboxylic acids is 1. The summed E-state index contributed by atoms with van der Waals surface area (Å²) in [4.78, 5) is 28.7. The second-order valence-corrected chi connectivity index (χ2v) is 6.21. The molecule has 1 fully saturated rings. The normalized spacial score (nSPS) is 13.7. The zero-order valence-corrected chi connectivity index (χ0v) is 13.7. The predicted octanol–water partition coefficient (Wildman–Crippen LogP) is 3.00. The van der Waals surface area contributed by atoms with Crippen LogP contribution in [-0.4, -0.2) is 39.5 Å². The van der Waals surface area contributed by atoms with Gasteiger partial charge in [0.25, 0.3) is 0 Å². The van der Waals surface area contributed by atoms with Crippen molar-refractivity contribution in [1.29, 1.82) is 0 Å². The van der Waals surface area contributed by atoms with Crippen molar-refractivity contribution < 1.29 is 19.1 Å². The highest BCUT2D eigenvalue weighted by molar-refractivity contribution is 6.30. The average Bonchev–Trinajstić information content (AvgIpc) is 3.29. The van der Waals surface area contributed by atoms with Crippen molar-refractivity contribution in [1.82, 2.24) is 9.88 Å². The molecule has 0 spiro atoms. The van der Waals surface area contributed by atoms with Gasteiger partial charge in [-0.25, -0.2) is 4.98 Å². The summed E-state index contributed by atoms with van der Waals surface area (Å²) >= 11 is 5.85. The first-order valence-corrected chi connectivity index (χ1v) is 8.12. The van der Waals surface area contributed by atoms with Crippen LogP contribution in [-0.2, 0) is 16.0 Å². The number of rotatable bonds is 7. The Morgan fingerprint density at radius 2 is 2.00 bits per heavy atom. The van der Waals surface area contributed by atoms with Crippen molar-refractivity contribution in [3.05, 3.63) is 41.4 Å². The maximum atomic E-state index is 12.2. The summed E-state index contributed by atoms with van der Waals surface area (Å²) in [6.07, 6.45) is 3.88. The number of aromatic nitrogens is 1. The Bertz CT molecular complexity index is 737. The first kappa shape index (κ1) is 16.5. The number of hydrogen-bond donors (Lipinski definition) is 1. The van der Waals surface area contributed by atoms with E-state index in [1.54, 1.807) is 18.3 Å². The SMILES string of the molecule is O=C(O)CN(C(=O)CCc1ncc(-c2ccc(Cl)cc2)o1)C1CC1. The Morgan fingerprint density at radius 3 is 2.62 bits per heavy atom. The van der Waals surface area contributed by atoms with E-state index in [-0.39, 0.29) is 24.9 Å². The molecule has 1 saturated carbocycles. The molecule has 126 valence electrons. The van der Waals surface area contributed by atoms with Gasteiger partial charge in [0.15, 0.2) is 11.7 Å². The zero-order valence-electron chi connectivity index (χ0n) is 12.9. The molecule has 0 radical (unpaired) electrons. The lowest BCUT2D eigenvalue weighted by molar-refractivity contribution is -0.144. The van der Waals surface area contributed by atoms with Crippen LogP contribution >= 0.6 is 11.6 Å². The minimum Gasteiger partial charge on any atom is -0.480 e. The summed E-state index contributed by atoms with van der Waals surface area (Å²) in [5, 5.41) is 9.55. The van der Waals surface area contributed by atoms with Gasteiger partial charge in [-0.15, -0.1) is 0 Å². The van der Waals surface area contributed by atoms with Gasteiger partial charge in [0.2, 0.25) is 5.91 Å². The maximum Gasteiger partial charge on any atom is 0.323 e. The number of carboxylic acid groups (broad SMARTS) is 1. The van der Waals surface area contributed by atoms with Crippen LogP contribution in [0.3, 0.4) is 0 Å². The van der Waals surface area contributed by atoms with E-state index in [4.69, 9.17) is 21.1 Å². The molecule has 24 heavy (non-hydrogen) atoms. The number of oxazole rings is 1. The number of amides is 1. The minimum absolute atomic E-state index is 0.0720. The molecule has 1 aliphatic rings. The van der Waals surface area contributed by atoms with E-state index in [1.165, 1.54) is 4.90 Å². The molecule has 0 bridgehead atoms. The first-order valence-electron chi connectivity index (χ1n) is 7.75. The molecule has 1 heterocycles. The molecule has 3 rings (SSSR count). The van der Waals surface area contributed by atoms with E-state index < -0.39 is 5.97 Å². The van der Waals surface area contributed by atoms with Crippen LogP contribution in [0.2, 0.25) is 5.02 Å². The summed E-state index contributed by atoms with van der Waals surface area (Å²) < 4.78 is 5.66. The highest BCUT2D eigenvalue weighted by Crippen LogP contribution is 2.27. The number of halogens is 1. The van der Waals surface area contributed by atoms with Gasteiger partial charge >= 0.3 is 5.97 Å². The van der Waals surface area contributed by atoms with Crippen LogP contribution in [0.5, 0.6) is 0 Å². The Labute approximate surface area is 144 Å². The Morgan fingerprint density at radius 1 is 1.29 bits per heavy atom. The van der Waals surface area contributed by atoms with Crippen molar-refractivity contribution >= 4 is 23.5 Å². The van der Waals surface area contributed by atoms with Crippen molar-refractivity contribution in [2.45, 2.75) is 31.7 Å². The van der Waals surface area contributed by atoms with Crippen molar-refractivity contribution in [2.24, 2.45) is 0 Å². The second-order valence-electron chi connectivity index (χ2n) is 5.77. The van der Waals surface area contributed by atoms with Gasteiger partial charge < -0.3 is 14.4 Å². The lowest BCUT2D eigenvalue weighted by atomic mass is 10.2. The van der Waals surface area contributed by atoms with E-state index in [2.05, 4.69) is 4.98 Å². The highest BCUT2D eigenvalue weighted by atomic mass is 35.5. The average molecular weight is 349 g/mol. The molecule has 0 aliphatic heterocycles. The van der Waals surface area contributed by atoms with Gasteiger partial charge in [-0.3, -0.25) is 9.59 Å². The third-order valence-corrected chi connectivity index (χ3v) is 4.10. The summed E-state index contributed by atoms with van der Waals surface area (Å²) in [5.74, 6) is -0.0967. The standard InChI is InChI=1S/C17H17ClN2O4/c18-12-3-1-11(2-4-12)14-9-19-15(24-14)7-8-16(21)20(10-17(22)23)13-5-6-13/h1-4,9,13H,5-8,10H2,(H,22,23). The van der Waals surface area contributed by atoms with Crippen LogP contribution in [0.15, 0.2) is 34.9 Å². The fourth-order valence-corrected chi connectivity index (χ4v) is 2.61. The van der Waals surface area contributed by atoms with Crippen LogP contribution in [0.1, 0.15) is 25.2 Å². The molecule has 6 nitrogen and oxygen atoms in total. The van der Waals surface area contributed by atoms with E-state index in [0.29, 0.717) is 23.1 Å². The number of nitrogens with zero attached hydrogens (tertiary/aromatic N) is 2. The molecule has 2 aromatic rings. The number of carboxylic acids is 1. The van der Waals surface area contributed by atoms with E-state index in [0.717, 1.165) is 18.4 Å². The third kappa shape index (κ3) is 4.14. The molecule has 1 N–H and O–H groups in total. The van der Waals surface area contributed by atoms with Crippen LogP contribution in [0.25, 0.3) is 11.3 Å². The summed E-state index contributed by atoms with van der Waals surface area (Å²) in [6, 6.07) is 7.27. The van der Waals surface area contributed by atoms with Gasteiger partial charge in [0, 0.05) is 29.5 Å². The van der Waals surface area contributed by atoms with Crippen LogP contribution in [0.4, 0.5) is 0 Å². The third-order valence-electron chi connectivity index (χ3n) is 3.85. The molecular formula is C17H17ClN2O4. The molecule has 1 aromatic heterocycles. The summed E-state index contributed by atoms with van der Waals surface area (Å²) in [7, 11) is 0. The number of benzene rings is 1. The Kier molecular flexibility index (Phi) is 4.85. The van der Waals surface area contributed by atoms with Crippen LogP contribution in [0, 0.1) is 0 Å². The Hall–Kier alpha value is -2.34. The van der Waals surface area contributed by atoms with Crippen molar-refractivity contribution in [3.8, 4) is 11.3 Å². The number of carbonyl (C=O) groups is 2. The molecular weight excluding hydrogens is 332 g/mol. The summed E-state index contributed by atoms with van der Waals surface area (Å²) in [6.45, 7) is -0.245. The Balaban J connectivity index is 1.59. The first-order chi connectivity index (χ1) is 11.5. The summed E-state index contributed by atoms with van der Waals surface area (Å²) in [5.41, 5.74) is 0.856. The predicted molar refractivity (Wildman–Crippen MR) is 87.6 cm³/mol. The number of aliphatic carboxylic acids is 1. The molecule has 0 unspecified atom stereocenters. The fourth-order valence-electron chi connectivity index (χ4n) is 2.48.